The predicted molar refractivity (Wildman–Crippen MR) is 90.2 cm³/mol. The van der Waals surface area contributed by atoms with Crippen LogP contribution in [0.5, 0.6) is 0 Å². The number of nitriles is 1. The van der Waals surface area contributed by atoms with Crippen LogP contribution in [0.4, 0.5) is 4.39 Å². The van der Waals surface area contributed by atoms with Gasteiger partial charge in [-0.25, -0.2) is 4.39 Å². The summed E-state index contributed by atoms with van der Waals surface area (Å²) in [6, 6.07) is 9.79. The van der Waals surface area contributed by atoms with Crippen LogP contribution in [0.1, 0.15) is 38.7 Å². The zero-order valence-corrected chi connectivity index (χ0v) is 13.7. The Hall–Kier alpha value is -1.93. The lowest BCUT2D eigenvalue weighted by atomic mass is 9.89. The number of hydrogen-bond acceptors (Lipinski definition) is 3. The summed E-state index contributed by atoms with van der Waals surface area (Å²) in [6.07, 6.45) is 4.47. The number of benzene rings is 1. The lowest BCUT2D eigenvalue weighted by Crippen LogP contribution is -2.29. The Bertz CT molecular complexity index is 531. The molecule has 0 aliphatic carbocycles. The Morgan fingerprint density at radius 1 is 1.43 bits per heavy atom. The molecule has 1 aromatic carbocycles. The van der Waals surface area contributed by atoms with Crippen molar-refractivity contribution in [1.29, 1.82) is 5.26 Å². The van der Waals surface area contributed by atoms with Crippen LogP contribution < -0.4 is 5.73 Å². The molecule has 0 aliphatic rings. The first-order chi connectivity index (χ1) is 10.8. The second-order valence-electron chi connectivity index (χ2n) is 6.32. The van der Waals surface area contributed by atoms with Crippen molar-refractivity contribution in [2.24, 2.45) is 16.6 Å². The van der Waals surface area contributed by atoms with Crippen molar-refractivity contribution in [1.82, 2.24) is 0 Å². The number of aliphatic hydroxyl groups excluding tert-OH is 1. The van der Waals surface area contributed by atoms with Crippen LogP contribution >= 0.6 is 0 Å². The molecule has 1 rings (SSSR count). The highest BCUT2D eigenvalue weighted by molar-refractivity contribution is 5.83. The van der Waals surface area contributed by atoms with Crippen molar-refractivity contribution in [2.45, 2.75) is 51.3 Å². The number of nitrogens with zero attached hydrogens (tertiary/aromatic N) is 2. The third-order valence-corrected chi connectivity index (χ3v) is 3.68. The van der Waals surface area contributed by atoms with E-state index in [1.54, 1.807) is 12.6 Å². The maximum Gasteiger partial charge on any atom is 0.207 e. The molecule has 0 fully saturated rings. The van der Waals surface area contributed by atoms with Crippen molar-refractivity contribution < 1.29 is 9.50 Å². The molecule has 4 nitrogen and oxygen atoms in total. The Kier molecular flexibility index (Phi) is 7.70. The summed E-state index contributed by atoms with van der Waals surface area (Å²) in [4.78, 5) is 3.55. The molecule has 0 bridgehead atoms. The van der Waals surface area contributed by atoms with Crippen molar-refractivity contribution in [3.8, 4) is 6.19 Å². The summed E-state index contributed by atoms with van der Waals surface area (Å²) >= 11 is 0. The zero-order valence-electron chi connectivity index (χ0n) is 13.7. The van der Waals surface area contributed by atoms with E-state index in [9.17, 15) is 9.50 Å². The lowest BCUT2D eigenvalue weighted by Gasteiger charge is -2.22. The van der Waals surface area contributed by atoms with E-state index in [2.05, 4.69) is 4.99 Å². The number of halogens is 1. The van der Waals surface area contributed by atoms with Gasteiger partial charge in [0.25, 0.3) is 0 Å². The molecule has 0 heterocycles. The first-order valence-corrected chi connectivity index (χ1v) is 7.78. The van der Waals surface area contributed by atoms with Crippen LogP contribution in [0.2, 0.25) is 0 Å². The van der Waals surface area contributed by atoms with Gasteiger partial charge in [-0.1, -0.05) is 30.3 Å². The quantitative estimate of drug-likeness (QED) is 0.417. The Labute approximate surface area is 137 Å². The average molecular weight is 318 g/mol. The number of amidine groups is 1. The van der Waals surface area contributed by atoms with Gasteiger partial charge in [0.1, 0.15) is 11.5 Å². The molecule has 1 radical (unpaired) electrons. The molecular formula is C18H25FN3O. The van der Waals surface area contributed by atoms with Gasteiger partial charge in [-0.05, 0) is 51.5 Å². The lowest BCUT2D eigenvalue weighted by molar-refractivity contribution is 0.161. The van der Waals surface area contributed by atoms with E-state index in [0.717, 1.165) is 5.56 Å². The monoisotopic (exact) mass is 318 g/mol. The number of nitrogens with two attached hydrogens (primary N) is 1. The molecule has 23 heavy (non-hydrogen) atoms. The summed E-state index contributed by atoms with van der Waals surface area (Å²) < 4.78 is 13.7. The van der Waals surface area contributed by atoms with Crippen molar-refractivity contribution in [3.05, 3.63) is 42.3 Å². The minimum Gasteiger partial charge on any atom is -0.393 e. The second-order valence-corrected chi connectivity index (χ2v) is 6.32. The summed E-state index contributed by atoms with van der Waals surface area (Å²) in [5.74, 6) is -0.157. The highest BCUT2D eigenvalue weighted by atomic mass is 19.1. The maximum atomic E-state index is 13.7. The zero-order chi connectivity index (χ0) is 17.3. The molecule has 5 heteroatoms. The minimum absolute atomic E-state index is 0.156. The third-order valence-electron chi connectivity index (χ3n) is 3.68. The molecule has 3 N–H and O–H groups in total. The molecule has 0 aromatic heterocycles. The number of alkyl halides is 1. The van der Waals surface area contributed by atoms with Crippen LogP contribution in [-0.4, -0.2) is 22.7 Å². The van der Waals surface area contributed by atoms with Crippen LogP contribution in [0, 0.1) is 23.8 Å². The van der Waals surface area contributed by atoms with Crippen molar-refractivity contribution in [2.75, 3.05) is 0 Å². The second kappa shape index (κ2) is 9.26. The van der Waals surface area contributed by atoms with E-state index in [0.29, 0.717) is 25.7 Å². The SMILES string of the molecule is CC(C)(F)CCC(CC(O)[CH]Cc1ccccc1)C(N)=NC#N. The molecule has 0 saturated heterocycles. The number of aliphatic imine (C=N–C) groups is 1. The molecule has 0 spiro atoms. The van der Waals surface area contributed by atoms with E-state index >= 15 is 0 Å². The number of hydrogen-bond donors (Lipinski definition) is 2. The smallest absolute Gasteiger partial charge is 0.207 e. The normalized spacial score (nSPS) is 15.0. The fourth-order valence-electron chi connectivity index (χ4n) is 2.33. The van der Waals surface area contributed by atoms with Gasteiger partial charge in [-0.15, -0.1) is 0 Å². The molecule has 2 atom stereocenters. The summed E-state index contributed by atoms with van der Waals surface area (Å²) in [6.45, 7) is 3.00. The van der Waals surface area contributed by atoms with E-state index < -0.39 is 11.8 Å². The topological polar surface area (TPSA) is 82.4 Å². The molecular weight excluding hydrogens is 293 g/mol. The van der Waals surface area contributed by atoms with Gasteiger partial charge in [-0.2, -0.15) is 10.3 Å². The summed E-state index contributed by atoms with van der Waals surface area (Å²) in [7, 11) is 0. The van der Waals surface area contributed by atoms with Crippen LogP contribution in [0.3, 0.4) is 0 Å². The Morgan fingerprint density at radius 2 is 2.09 bits per heavy atom. The minimum atomic E-state index is -1.32. The van der Waals surface area contributed by atoms with E-state index in [1.807, 2.05) is 30.3 Å². The van der Waals surface area contributed by atoms with Gasteiger partial charge < -0.3 is 10.8 Å². The molecule has 125 valence electrons. The first kappa shape index (κ1) is 19.1. The largest absolute Gasteiger partial charge is 0.393 e. The molecule has 2 unspecified atom stereocenters. The highest BCUT2D eigenvalue weighted by Gasteiger charge is 2.23. The van der Waals surface area contributed by atoms with Gasteiger partial charge in [-0.3, -0.25) is 0 Å². The van der Waals surface area contributed by atoms with Crippen molar-refractivity contribution >= 4 is 5.84 Å². The maximum absolute atomic E-state index is 13.7. The molecule has 1 aromatic rings. The standard InChI is InChI=1S/C18H25FN3O/c1-18(2,19)11-10-15(17(21)22-13-20)12-16(23)9-8-14-6-4-3-5-7-14/h3-7,9,15-16,23H,8,10-12H2,1-2H3,(H2,21,22). The number of aliphatic hydroxyl groups is 1. The summed E-state index contributed by atoms with van der Waals surface area (Å²) in [5.41, 5.74) is 5.58. The van der Waals surface area contributed by atoms with Crippen LogP contribution in [0.15, 0.2) is 35.3 Å². The van der Waals surface area contributed by atoms with Gasteiger partial charge in [0, 0.05) is 5.92 Å². The fourth-order valence-corrected chi connectivity index (χ4v) is 2.33. The molecule has 0 amide bonds. The van der Waals surface area contributed by atoms with Crippen LogP contribution in [-0.2, 0) is 6.42 Å². The Morgan fingerprint density at radius 3 is 2.65 bits per heavy atom. The molecule has 0 saturated carbocycles. The highest BCUT2D eigenvalue weighted by Crippen LogP contribution is 2.23. The fraction of sp³-hybridized carbons (Fsp3) is 0.500. The van der Waals surface area contributed by atoms with Gasteiger partial charge >= 0.3 is 0 Å². The van der Waals surface area contributed by atoms with Gasteiger partial charge in [0.15, 0.2) is 0 Å². The van der Waals surface area contributed by atoms with Crippen molar-refractivity contribution in [3.63, 3.8) is 0 Å². The number of rotatable bonds is 9. The third kappa shape index (κ3) is 8.32. The van der Waals surface area contributed by atoms with E-state index in [1.165, 1.54) is 13.8 Å². The van der Waals surface area contributed by atoms with Crippen LogP contribution in [0.25, 0.3) is 0 Å². The van der Waals surface area contributed by atoms with Gasteiger partial charge in [0.2, 0.25) is 6.19 Å². The van der Waals surface area contributed by atoms with E-state index in [4.69, 9.17) is 11.0 Å². The van der Waals surface area contributed by atoms with Gasteiger partial charge in [0.05, 0.1) is 6.10 Å². The predicted octanol–water partition coefficient (Wildman–Crippen LogP) is 3.17. The average Bonchev–Trinajstić information content (AvgIpc) is 2.49. The summed E-state index contributed by atoms with van der Waals surface area (Å²) in [5, 5.41) is 18.8. The Balaban J connectivity index is 2.57. The van der Waals surface area contributed by atoms with E-state index in [-0.39, 0.29) is 11.8 Å². The molecule has 0 aliphatic heterocycles. The first-order valence-electron chi connectivity index (χ1n) is 7.78.